The van der Waals surface area contributed by atoms with Crippen molar-refractivity contribution >= 4 is 0 Å². The molecule has 1 aliphatic carbocycles. The van der Waals surface area contributed by atoms with Crippen molar-refractivity contribution in [3.8, 4) is 0 Å². The molecule has 0 radical (unpaired) electrons. The number of nitrogens with zero attached hydrogens (tertiary/aromatic N) is 3. The highest BCUT2D eigenvalue weighted by Gasteiger charge is 2.44. The number of aliphatic hydroxyl groups is 1. The minimum absolute atomic E-state index is 0.148. The van der Waals surface area contributed by atoms with E-state index >= 15 is 0 Å². The van der Waals surface area contributed by atoms with Gasteiger partial charge in [0.2, 0.25) is 0 Å². The molecular formula is C15H27N3O. The topological polar surface area (TPSA) is 41.3 Å². The summed E-state index contributed by atoms with van der Waals surface area (Å²) in [5.41, 5.74) is 0.801. The highest BCUT2D eigenvalue weighted by atomic mass is 16.3. The van der Waals surface area contributed by atoms with Crippen molar-refractivity contribution in [3.63, 3.8) is 0 Å². The molecule has 2 rings (SSSR count). The van der Waals surface area contributed by atoms with E-state index in [-0.39, 0.29) is 5.54 Å². The molecule has 0 aromatic carbocycles. The number of likely N-dealkylation sites (N-methyl/N-ethyl adjacent to an activating group) is 1. The molecule has 0 amide bonds. The summed E-state index contributed by atoms with van der Waals surface area (Å²) >= 11 is 0. The maximum atomic E-state index is 11.0. The molecule has 3 atom stereocenters. The van der Waals surface area contributed by atoms with E-state index in [0.717, 1.165) is 25.1 Å². The van der Waals surface area contributed by atoms with Crippen molar-refractivity contribution in [1.82, 2.24) is 14.7 Å². The predicted molar refractivity (Wildman–Crippen MR) is 76.9 cm³/mol. The van der Waals surface area contributed by atoms with Gasteiger partial charge in [-0.3, -0.25) is 4.68 Å². The number of hydrogen-bond acceptors (Lipinski definition) is 3. The second-order valence-electron chi connectivity index (χ2n) is 6.17. The Bertz CT molecular complexity index is 415. The first kappa shape index (κ1) is 14.5. The fraction of sp³-hybridized carbons (Fsp3) is 0.800. The van der Waals surface area contributed by atoms with Crippen LogP contribution < -0.4 is 0 Å². The Kier molecular flexibility index (Phi) is 4.31. The Morgan fingerprint density at radius 1 is 1.58 bits per heavy atom. The van der Waals surface area contributed by atoms with Gasteiger partial charge in [0.25, 0.3) is 0 Å². The Morgan fingerprint density at radius 2 is 2.32 bits per heavy atom. The molecule has 3 unspecified atom stereocenters. The van der Waals surface area contributed by atoms with E-state index in [1.54, 1.807) is 6.20 Å². The first-order chi connectivity index (χ1) is 9.01. The molecule has 4 nitrogen and oxygen atoms in total. The maximum Gasteiger partial charge on any atom is 0.114 e. The van der Waals surface area contributed by atoms with Crippen LogP contribution in [-0.2, 0) is 6.54 Å². The zero-order valence-electron chi connectivity index (χ0n) is 12.6. The highest BCUT2D eigenvalue weighted by Crippen LogP contribution is 2.43. The van der Waals surface area contributed by atoms with Crippen LogP contribution in [0.2, 0.25) is 0 Å². The first-order valence-corrected chi connectivity index (χ1v) is 7.38. The second kappa shape index (κ2) is 5.63. The van der Waals surface area contributed by atoms with E-state index < -0.39 is 6.10 Å². The standard InChI is InChI=1S/C15H27N3O/c1-5-18-13(8-10-16-18)14(19)15(17(3)4)9-6-7-12(2)11-15/h8,10,12,14,19H,5-7,9,11H2,1-4H3. The molecular weight excluding hydrogens is 238 g/mol. The van der Waals surface area contributed by atoms with Crippen LogP contribution in [0.5, 0.6) is 0 Å². The van der Waals surface area contributed by atoms with Gasteiger partial charge >= 0.3 is 0 Å². The third-order valence-electron chi connectivity index (χ3n) is 4.74. The fourth-order valence-corrected chi connectivity index (χ4v) is 3.58. The fourth-order valence-electron chi connectivity index (χ4n) is 3.58. The molecule has 108 valence electrons. The molecule has 1 aromatic heterocycles. The van der Waals surface area contributed by atoms with Gasteiger partial charge in [-0.1, -0.05) is 19.8 Å². The summed E-state index contributed by atoms with van der Waals surface area (Å²) in [6.07, 6.45) is 5.90. The average molecular weight is 265 g/mol. The van der Waals surface area contributed by atoms with Gasteiger partial charge in [-0.15, -0.1) is 0 Å². The smallest absolute Gasteiger partial charge is 0.114 e. The summed E-state index contributed by atoms with van der Waals surface area (Å²) in [4.78, 5) is 2.22. The number of aromatic nitrogens is 2. The van der Waals surface area contributed by atoms with E-state index in [2.05, 4.69) is 37.9 Å². The van der Waals surface area contributed by atoms with Gasteiger partial charge in [-0.05, 0) is 45.8 Å². The van der Waals surface area contributed by atoms with Crippen molar-refractivity contribution in [2.24, 2.45) is 5.92 Å². The SMILES string of the molecule is CCn1nccc1C(O)C1(N(C)C)CCCC(C)C1. The molecule has 1 N–H and O–H groups in total. The van der Waals surface area contributed by atoms with Crippen LogP contribution >= 0.6 is 0 Å². The molecule has 1 fully saturated rings. The van der Waals surface area contributed by atoms with Crippen LogP contribution in [0.1, 0.15) is 51.3 Å². The van der Waals surface area contributed by atoms with Crippen molar-refractivity contribution < 1.29 is 5.11 Å². The van der Waals surface area contributed by atoms with Crippen LogP contribution in [0, 0.1) is 5.92 Å². The van der Waals surface area contributed by atoms with Gasteiger partial charge in [0, 0.05) is 12.7 Å². The van der Waals surface area contributed by atoms with E-state index in [1.807, 2.05) is 10.7 Å². The number of rotatable bonds is 4. The third kappa shape index (κ3) is 2.56. The molecule has 1 heterocycles. The maximum absolute atomic E-state index is 11.0. The summed E-state index contributed by atoms with van der Waals surface area (Å²) < 4.78 is 1.91. The predicted octanol–water partition coefficient (Wildman–Crippen LogP) is 2.45. The minimum Gasteiger partial charge on any atom is -0.385 e. The van der Waals surface area contributed by atoms with Crippen LogP contribution in [0.25, 0.3) is 0 Å². The van der Waals surface area contributed by atoms with Crippen LogP contribution in [0.4, 0.5) is 0 Å². The lowest BCUT2D eigenvalue weighted by molar-refractivity contribution is -0.0490. The van der Waals surface area contributed by atoms with E-state index in [0.29, 0.717) is 5.92 Å². The lowest BCUT2D eigenvalue weighted by Gasteiger charge is -2.48. The lowest BCUT2D eigenvalue weighted by Crippen LogP contribution is -2.52. The van der Waals surface area contributed by atoms with Gasteiger partial charge in [-0.2, -0.15) is 5.10 Å². The molecule has 0 saturated heterocycles. The van der Waals surface area contributed by atoms with Gasteiger partial charge in [0.05, 0.1) is 11.2 Å². The Hall–Kier alpha value is -0.870. The minimum atomic E-state index is -0.465. The van der Waals surface area contributed by atoms with E-state index in [9.17, 15) is 5.11 Å². The quantitative estimate of drug-likeness (QED) is 0.909. The third-order valence-corrected chi connectivity index (χ3v) is 4.74. The molecule has 19 heavy (non-hydrogen) atoms. The Labute approximate surface area is 116 Å². The van der Waals surface area contributed by atoms with Crippen LogP contribution in [-0.4, -0.2) is 39.4 Å². The second-order valence-corrected chi connectivity index (χ2v) is 6.17. The molecule has 1 aromatic rings. The van der Waals surface area contributed by atoms with Crippen molar-refractivity contribution in [1.29, 1.82) is 0 Å². The molecule has 1 aliphatic rings. The summed E-state index contributed by atoms with van der Waals surface area (Å²) in [6.45, 7) is 5.16. The van der Waals surface area contributed by atoms with Gasteiger partial charge in [-0.25, -0.2) is 0 Å². The van der Waals surface area contributed by atoms with Gasteiger partial charge < -0.3 is 10.0 Å². The zero-order valence-corrected chi connectivity index (χ0v) is 12.6. The molecule has 1 saturated carbocycles. The average Bonchev–Trinajstić information content (AvgIpc) is 2.85. The van der Waals surface area contributed by atoms with Crippen LogP contribution in [0.15, 0.2) is 12.3 Å². The summed E-state index contributed by atoms with van der Waals surface area (Å²) in [5, 5.41) is 15.3. The Morgan fingerprint density at radius 3 is 2.89 bits per heavy atom. The molecule has 4 heteroatoms. The largest absolute Gasteiger partial charge is 0.385 e. The van der Waals surface area contributed by atoms with Crippen molar-refractivity contribution in [2.75, 3.05) is 14.1 Å². The van der Waals surface area contributed by atoms with Gasteiger partial charge in [0.15, 0.2) is 0 Å². The van der Waals surface area contributed by atoms with E-state index in [1.165, 1.54) is 12.8 Å². The number of aliphatic hydroxyl groups excluding tert-OH is 1. The first-order valence-electron chi connectivity index (χ1n) is 7.38. The molecule has 0 bridgehead atoms. The zero-order chi connectivity index (χ0) is 14.0. The molecule has 0 spiro atoms. The summed E-state index contributed by atoms with van der Waals surface area (Å²) in [7, 11) is 4.18. The van der Waals surface area contributed by atoms with Crippen molar-refractivity contribution in [2.45, 2.75) is 57.7 Å². The molecule has 0 aliphatic heterocycles. The van der Waals surface area contributed by atoms with Gasteiger partial charge in [0.1, 0.15) is 6.10 Å². The summed E-state index contributed by atoms with van der Waals surface area (Å²) in [5.74, 6) is 0.670. The lowest BCUT2D eigenvalue weighted by atomic mass is 9.71. The number of aryl methyl sites for hydroxylation is 1. The summed E-state index contributed by atoms with van der Waals surface area (Å²) in [6, 6.07) is 1.96. The Balaban J connectivity index is 2.33. The van der Waals surface area contributed by atoms with E-state index in [4.69, 9.17) is 0 Å². The van der Waals surface area contributed by atoms with Crippen molar-refractivity contribution in [3.05, 3.63) is 18.0 Å². The normalized spacial score (nSPS) is 29.7. The highest BCUT2D eigenvalue weighted by molar-refractivity contribution is 5.13. The number of hydrogen-bond donors (Lipinski definition) is 1. The van der Waals surface area contributed by atoms with Crippen LogP contribution in [0.3, 0.4) is 0 Å². The monoisotopic (exact) mass is 265 g/mol.